The van der Waals surface area contributed by atoms with Crippen molar-refractivity contribution in [2.45, 2.75) is 6.42 Å². The molecule has 0 unspecified atom stereocenters. The van der Waals surface area contributed by atoms with Crippen LogP contribution in [0.5, 0.6) is 5.75 Å². The van der Waals surface area contributed by atoms with Crippen molar-refractivity contribution < 1.29 is 9.90 Å². The van der Waals surface area contributed by atoms with Crippen LogP contribution in [0.4, 0.5) is 10.5 Å². The zero-order valence-corrected chi connectivity index (χ0v) is 13.1. The molecule has 0 radical (unpaired) electrons. The van der Waals surface area contributed by atoms with E-state index in [2.05, 4.69) is 10.6 Å². The summed E-state index contributed by atoms with van der Waals surface area (Å²) in [5.74, 6) is 0.243. The van der Waals surface area contributed by atoms with Gasteiger partial charge >= 0.3 is 6.03 Å². The van der Waals surface area contributed by atoms with E-state index in [1.54, 1.807) is 12.1 Å². The molecule has 0 aliphatic heterocycles. The van der Waals surface area contributed by atoms with Crippen LogP contribution in [0.15, 0.2) is 73.1 Å². The topological polar surface area (TPSA) is 66.3 Å². The molecule has 0 aliphatic rings. The number of anilines is 1. The van der Waals surface area contributed by atoms with Gasteiger partial charge in [0.15, 0.2) is 0 Å². The number of nitrogens with zero attached hydrogens (tertiary/aromatic N) is 1. The number of hydrogen-bond donors (Lipinski definition) is 3. The third-order valence-corrected chi connectivity index (χ3v) is 3.66. The molecule has 122 valence electrons. The van der Waals surface area contributed by atoms with Gasteiger partial charge in [0, 0.05) is 30.3 Å². The van der Waals surface area contributed by atoms with Crippen LogP contribution in [0, 0.1) is 0 Å². The smallest absolute Gasteiger partial charge is 0.319 e. The Hall–Kier alpha value is -3.21. The SMILES string of the molecule is O=C(NCCc1ccc(O)cc1)Nc1ccc(-n2cccc2)cc1. The Labute approximate surface area is 140 Å². The molecule has 0 aliphatic carbocycles. The molecule has 0 saturated heterocycles. The van der Waals surface area contributed by atoms with E-state index in [0.29, 0.717) is 13.0 Å². The largest absolute Gasteiger partial charge is 0.508 e. The van der Waals surface area contributed by atoms with Crippen LogP contribution in [0.1, 0.15) is 5.56 Å². The van der Waals surface area contributed by atoms with Crippen molar-refractivity contribution in [3.63, 3.8) is 0 Å². The summed E-state index contributed by atoms with van der Waals surface area (Å²) in [6.45, 7) is 0.526. The zero-order valence-electron chi connectivity index (χ0n) is 13.1. The normalized spacial score (nSPS) is 10.3. The lowest BCUT2D eigenvalue weighted by Crippen LogP contribution is -2.30. The molecule has 0 spiro atoms. The van der Waals surface area contributed by atoms with Gasteiger partial charge in [0.1, 0.15) is 5.75 Å². The fraction of sp³-hybridized carbons (Fsp3) is 0.105. The van der Waals surface area contributed by atoms with Crippen molar-refractivity contribution >= 4 is 11.7 Å². The van der Waals surface area contributed by atoms with E-state index < -0.39 is 0 Å². The Kier molecular flexibility index (Phi) is 4.81. The van der Waals surface area contributed by atoms with E-state index in [-0.39, 0.29) is 11.8 Å². The Morgan fingerprint density at radius 2 is 1.62 bits per heavy atom. The highest BCUT2D eigenvalue weighted by Gasteiger charge is 2.02. The number of aromatic hydroxyl groups is 1. The van der Waals surface area contributed by atoms with Gasteiger partial charge in [-0.25, -0.2) is 4.79 Å². The lowest BCUT2D eigenvalue weighted by atomic mass is 10.1. The van der Waals surface area contributed by atoms with E-state index in [4.69, 9.17) is 0 Å². The number of phenols is 1. The summed E-state index contributed by atoms with van der Waals surface area (Å²) in [7, 11) is 0. The number of carbonyl (C=O) groups excluding carboxylic acids is 1. The van der Waals surface area contributed by atoms with Gasteiger partial charge in [0.2, 0.25) is 0 Å². The minimum absolute atomic E-state index is 0.234. The minimum atomic E-state index is -0.234. The highest BCUT2D eigenvalue weighted by Crippen LogP contribution is 2.13. The first kappa shape index (κ1) is 15.7. The number of aromatic nitrogens is 1. The summed E-state index contributed by atoms with van der Waals surface area (Å²) in [4.78, 5) is 11.9. The van der Waals surface area contributed by atoms with Crippen molar-refractivity contribution in [3.05, 3.63) is 78.6 Å². The predicted molar refractivity (Wildman–Crippen MR) is 94.6 cm³/mol. The molecule has 5 heteroatoms. The van der Waals surface area contributed by atoms with Crippen LogP contribution < -0.4 is 10.6 Å². The van der Waals surface area contributed by atoms with Crippen molar-refractivity contribution in [2.24, 2.45) is 0 Å². The second-order valence-corrected chi connectivity index (χ2v) is 5.43. The number of phenolic OH excluding ortho intramolecular Hbond substituents is 1. The molecular weight excluding hydrogens is 302 g/mol. The van der Waals surface area contributed by atoms with E-state index in [1.807, 2.05) is 65.5 Å². The summed E-state index contributed by atoms with van der Waals surface area (Å²) in [5.41, 5.74) is 2.84. The molecule has 5 nitrogen and oxygen atoms in total. The van der Waals surface area contributed by atoms with Gasteiger partial charge in [0.05, 0.1) is 0 Å². The average Bonchev–Trinajstić information content (AvgIpc) is 3.12. The van der Waals surface area contributed by atoms with Crippen LogP contribution in [0.2, 0.25) is 0 Å². The highest BCUT2D eigenvalue weighted by molar-refractivity contribution is 5.89. The first-order valence-electron chi connectivity index (χ1n) is 7.77. The number of carbonyl (C=O) groups is 1. The Balaban J connectivity index is 1.47. The number of nitrogens with one attached hydrogen (secondary N) is 2. The lowest BCUT2D eigenvalue weighted by molar-refractivity contribution is 0.252. The summed E-state index contributed by atoms with van der Waals surface area (Å²) < 4.78 is 2.00. The van der Waals surface area contributed by atoms with Gasteiger partial charge < -0.3 is 20.3 Å². The van der Waals surface area contributed by atoms with Gasteiger partial charge in [0.25, 0.3) is 0 Å². The Bertz CT molecular complexity index is 778. The average molecular weight is 321 g/mol. The molecule has 1 heterocycles. The molecule has 3 rings (SSSR count). The third kappa shape index (κ3) is 4.16. The molecule has 2 aromatic carbocycles. The van der Waals surface area contributed by atoms with E-state index in [0.717, 1.165) is 16.9 Å². The fourth-order valence-corrected chi connectivity index (χ4v) is 2.38. The first-order chi connectivity index (χ1) is 11.7. The Morgan fingerprint density at radius 3 is 2.29 bits per heavy atom. The number of benzene rings is 2. The molecule has 3 aromatic rings. The van der Waals surface area contributed by atoms with E-state index in [1.165, 1.54) is 0 Å². The molecular formula is C19H19N3O2. The molecule has 0 atom stereocenters. The maximum Gasteiger partial charge on any atom is 0.319 e. The van der Waals surface area contributed by atoms with Crippen LogP contribution in [-0.2, 0) is 6.42 Å². The van der Waals surface area contributed by atoms with Crippen molar-refractivity contribution in [1.82, 2.24) is 9.88 Å². The van der Waals surface area contributed by atoms with Crippen LogP contribution >= 0.6 is 0 Å². The van der Waals surface area contributed by atoms with Gasteiger partial charge in [-0.15, -0.1) is 0 Å². The summed E-state index contributed by atoms with van der Waals surface area (Å²) in [6.07, 6.45) is 4.65. The molecule has 3 N–H and O–H groups in total. The summed E-state index contributed by atoms with van der Waals surface area (Å²) >= 11 is 0. The van der Waals surface area contributed by atoms with Gasteiger partial charge in [-0.05, 0) is 60.5 Å². The number of amides is 2. The first-order valence-corrected chi connectivity index (χ1v) is 7.77. The maximum atomic E-state index is 11.9. The van der Waals surface area contributed by atoms with Crippen LogP contribution in [-0.4, -0.2) is 22.2 Å². The fourth-order valence-electron chi connectivity index (χ4n) is 2.38. The molecule has 0 saturated carbocycles. The van der Waals surface area contributed by atoms with Crippen LogP contribution in [0.3, 0.4) is 0 Å². The van der Waals surface area contributed by atoms with E-state index >= 15 is 0 Å². The quantitative estimate of drug-likeness (QED) is 0.673. The van der Waals surface area contributed by atoms with Crippen molar-refractivity contribution in [1.29, 1.82) is 0 Å². The number of hydrogen-bond acceptors (Lipinski definition) is 2. The minimum Gasteiger partial charge on any atom is -0.508 e. The molecule has 1 aromatic heterocycles. The van der Waals surface area contributed by atoms with Gasteiger partial charge in [-0.3, -0.25) is 0 Å². The monoisotopic (exact) mass is 321 g/mol. The second kappa shape index (κ2) is 7.37. The van der Waals surface area contributed by atoms with Crippen molar-refractivity contribution in [3.8, 4) is 11.4 Å². The van der Waals surface area contributed by atoms with Gasteiger partial charge in [-0.1, -0.05) is 12.1 Å². The Morgan fingerprint density at radius 1 is 0.958 bits per heavy atom. The lowest BCUT2D eigenvalue weighted by Gasteiger charge is -2.09. The highest BCUT2D eigenvalue weighted by atomic mass is 16.3. The van der Waals surface area contributed by atoms with Gasteiger partial charge in [-0.2, -0.15) is 0 Å². The summed E-state index contributed by atoms with van der Waals surface area (Å²) in [6, 6.07) is 18.3. The molecule has 0 bridgehead atoms. The van der Waals surface area contributed by atoms with Crippen LogP contribution in [0.25, 0.3) is 5.69 Å². The number of urea groups is 1. The number of rotatable bonds is 5. The zero-order chi connectivity index (χ0) is 16.8. The second-order valence-electron chi connectivity index (χ2n) is 5.43. The molecule has 24 heavy (non-hydrogen) atoms. The maximum absolute atomic E-state index is 11.9. The predicted octanol–water partition coefficient (Wildman–Crippen LogP) is 3.55. The molecule has 2 amide bonds. The standard InChI is InChI=1S/C19H19N3O2/c23-18-9-3-15(4-10-18)11-12-20-19(24)21-16-5-7-17(8-6-16)22-13-1-2-14-22/h1-10,13-14,23H,11-12H2,(H2,20,21,24). The van der Waals surface area contributed by atoms with Crippen molar-refractivity contribution in [2.75, 3.05) is 11.9 Å². The van der Waals surface area contributed by atoms with E-state index in [9.17, 15) is 9.90 Å². The third-order valence-electron chi connectivity index (χ3n) is 3.66. The summed E-state index contributed by atoms with van der Waals surface area (Å²) in [5, 5.41) is 14.9. The molecule has 0 fully saturated rings.